The standard InChI is InChI=1S/C12H24N2O/c1-5-6-7-9-13-11(15)8-10-14-12(2,3)4/h5-6,14H,7-10H2,1-4H3,(H,13,15)/b6-5+. The number of carbonyl (C=O) groups excluding carboxylic acids is 1. The van der Waals surface area contributed by atoms with Crippen LogP contribution in [0.3, 0.4) is 0 Å². The molecular weight excluding hydrogens is 188 g/mol. The van der Waals surface area contributed by atoms with Crippen molar-refractivity contribution in [1.82, 2.24) is 10.6 Å². The average Bonchev–Trinajstić information content (AvgIpc) is 2.10. The molecule has 0 aliphatic heterocycles. The van der Waals surface area contributed by atoms with E-state index in [1.54, 1.807) is 0 Å². The predicted octanol–water partition coefficient (Wildman–Crippen LogP) is 1.85. The van der Waals surface area contributed by atoms with E-state index in [2.05, 4.69) is 31.4 Å². The Hall–Kier alpha value is -0.830. The quantitative estimate of drug-likeness (QED) is 0.521. The molecule has 0 heterocycles. The lowest BCUT2D eigenvalue weighted by molar-refractivity contribution is -0.121. The molecule has 0 rings (SSSR count). The first-order valence-corrected chi connectivity index (χ1v) is 5.58. The first-order chi connectivity index (χ1) is 6.95. The summed E-state index contributed by atoms with van der Waals surface area (Å²) in [5, 5.41) is 6.15. The van der Waals surface area contributed by atoms with E-state index in [4.69, 9.17) is 0 Å². The summed E-state index contributed by atoms with van der Waals surface area (Å²) < 4.78 is 0. The van der Waals surface area contributed by atoms with E-state index in [1.807, 2.05) is 19.1 Å². The molecule has 0 aliphatic rings. The second kappa shape index (κ2) is 7.46. The maximum absolute atomic E-state index is 11.3. The van der Waals surface area contributed by atoms with Gasteiger partial charge in [0.05, 0.1) is 0 Å². The highest BCUT2D eigenvalue weighted by molar-refractivity contribution is 5.76. The van der Waals surface area contributed by atoms with Crippen molar-refractivity contribution in [2.45, 2.75) is 46.1 Å². The molecule has 15 heavy (non-hydrogen) atoms. The summed E-state index contributed by atoms with van der Waals surface area (Å²) in [5.41, 5.74) is 0.0885. The second-order valence-corrected chi connectivity index (χ2v) is 4.63. The van der Waals surface area contributed by atoms with Crippen LogP contribution in [-0.2, 0) is 4.79 Å². The lowest BCUT2D eigenvalue weighted by Gasteiger charge is -2.20. The summed E-state index contributed by atoms with van der Waals surface area (Å²) in [6.45, 7) is 9.73. The van der Waals surface area contributed by atoms with E-state index in [-0.39, 0.29) is 11.4 Å². The van der Waals surface area contributed by atoms with E-state index < -0.39 is 0 Å². The Morgan fingerprint density at radius 3 is 2.47 bits per heavy atom. The summed E-state index contributed by atoms with van der Waals surface area (Å²) in [4.78, 5) is 11.3. The van der Waals surface area contributed by atoms with Crippen LogP contribution in [0.25, 0.3) is 0 Å². The lowest BCUT2D eigenvalue weighted by Crippen LogP contribution is -2.38. The maximum atomic E-state index is 11.3. The Labute approximate surface area is 93.3 Å². The molecule has 0 bridgehead atoms. The Balaban J connectivity index is 3.42. The largest absolute Gasteiger partial charge is 0.356 e. The summed E-state index contributed by atoms with van der Waals surface area (Å²) in [7, 11) is 0. The number of nitrogens with one attached hydrogen (secondary N) is 2. The van der Waals surface area contributed by atoms with Crippen LogP contribution in [0.2, 0.25) is 0 Å². The molecule has 88 valence electrons. The van der Waals surface area contributed by atoms with Crippen LogP contribution in [0, 0.1) is 0 Å². The SMILES string of the molecule is C/C=C/CCNC(=O)CCNC(C)(C)C. The van der Waals surface area contributed by atoms with E-state index >= 15 is 0 Å². The average molecular weight is 212 g/mol. The van der Waals surface area contributed by atoms with Gasteiger partial charge in [0.15, 0.2) is 0 Å². The molecule has 0 aliphatic carbocycles. The third kappa shape index (κ3) is 11.1. The van der Waals surface area contributed by atoms with Gasteiger partial charge in [0, 0.05) is 25.0 Å². The fraction of sp³-hybridized carbons (Fsp3) is 0.750. The smallest absolute Gasteiger partial charge is 0.221 e. The van der Waals surface area contributed by atoms with Gasteiger partial charge in [-0.1, -0.05) is 12.2 Å². The zero-order valence-corrected chi connectivity index (χ0v) is 10.4. The van der Waals surface area contributed by atoms with Gasteiger partial charge < -0.3 is 10.6 Å². The van der Waals surface area contributed by atoms with Gasteiger partial charge in [-0.3, -0.25) is 4.79 Å². The number of allylic oxidation sites excluding steroid dienone is 1. The van der Waals surface area contributed by atoms with Crippen LogP contribution < -0.4 is 10.6 Å². The Bertz CT molecular complexity index is 204. The zero-order valence-electron chi connectivity index (χ0n) is 10.4. The summed E-state index contributed by atoms with van der Waals surface area (Å²) >= 11 is 0. The molecule has 2 N–H and O–H groups in total. The highest BCUT2D eigenvalue weighted by atomic mass is 16.1. The Morgan fingerprint density at radius 1 is 1.27 bits per heavy atom. The van der Waals surface area contributed by atoms with E-state index in [1.165, 1.54) is 0 Å². The van der Waals surface area contributed by atoms with Crippen molar-refractivity contribution in [3.8, 4) is 0 Å². The minimum atomic E-state index is 0.0885. The van der Waals surface area contributed by atoms with Gasteiger partial charge in [-0.15, -0.1) is 0 Å². The minimum absolute atomic E-state index is 0.0885. The molecular formula is C12H24N2O. The fourth-order valence-corrected chi connectivity index (χ4v) is 1.10. The second-order valence-electron chi connectivity index (χ2n) is 4.63. The zero-order chi connectivity index (χ0) is 11.7. The van der Waals surface area contributed by atoms with Gasteiger partial charge in [-0.2, -0.15) is 0 Å². The Morgan fingerprint density at radius 2 is 1.93 bits per heavy atom. The lowest BCUT2D eigenvalue weighted by atomic mass is 10.1. The van der Waals surface area contributed by atoms with Gasteiger partial charge in [0.25, 0.3) is 0 Å². The van der Waals surface area contributed by atoms with Gasteiger partial charge in [-0.25, -0.2) is 0 Å². The maximum Gasteiger partial charge on any atom is 0.221 e. The van der Waals surface area contributed by atoms with Gasteiger partial charge in [0.2, 0.25) is 5.91 Å². The highest BCUT2D eigenvalue weighted by Crippen LogP contribution is 1.97. The first kappa shape index (κ1) is 14.2. The number of amides is 1. The van der Waals surface area contributed by atoms with Crippen molar-refractivity contribution < 1.29 is 4.79 Å². The molecule has 3 nitrogen and oxygen atoms in total. The van der Waals surface area contributed by atoms with E-state index in [0.29, 0.717) is 6.42 Å². The number of hydrogen-bond acceptors (Lipinski definition) is 2. The van der Waals surface area contributed by atoms with Crippen molar-refractivity contribution in [1.29, 1.82) is 0 Å². The third-order valence-electron chi connectivity index (χ3n) is 1.88. The molecule has 0 spiro atoms. The number of hydrogen-bond donors (Lipinski definition) is 2. The fourth-order valence-electron chi connectivity index (χ4n) is 1.10. The number of rotatable bonds is 6. The molecule has 0 atom stereocenters. The van der Waals surface area contributed by atoms with Crippen LogP contribution in [-0.4, -0.2) is 24.5 Å². The van der Waals surface area contributed by atoms with Gasteiger partial charge >= 0.3 is 0 Å². The first-order valence-electron chi connectivity index (χ1n) is 5.58. The molecule has 0 unspecified atom stereocenters. The minimum Gasteiger partial charge on any atom is -0.356 e. The van der Waals surface area contributed by atoms with Crippen LogP contribution in [0.1, 0.15) is 40.5 Å². The summed E-state index contributed by atoms with van der Waals surface area (Å²) in [5.74, 6) is 0.122. The third-order valence-corrected chi connectivity index (χ3v) is 1.88. The van der Waals surface area contributed by atoms with Gasteiger partial charge in [-0.05, 0) is 34.1 Å². The molecule has 3 heteroatoms. The van der Waals surface area contributed by atoms with Crippen molar-refractivity contribution in [2.24, 2.45) is 0 Å². The highest BCUT2D eigenvalue weighted by Gasteiger charge is 2.08. The molecule has 1 amide bonds. The van der Waals surface area contributed by atoms with Crippen LogP contribution in [0.4, 0.5) is 0 Å². The molecule has 0 saturated carbocycles. The summed E-state index contributed by atoms with van der Waals surface area (Å²) in [6.07, 6.45) is 5.50. The molecule has 0 saturated heterocycles. The molecule has 0 fully saturated rings. The van der Waals surface area contributed by atoms with E-state index in [0.717, 1.165) is 19.5 Å². The predicted molar refractivity (Wildman–Crippen MR) is 64.8 cm³/mol. The Kier molecular flexibility index (Phi) is 7.05. The normalized spacial score (nSPS) is 12.0. The van der Waals surface area contributed by atoms with Crippen LogP contribution >= 0.6 is 0 Å². The molecule has 0 aromatic carbocycles. The summed E-state index contributed by atoms with van der Waals surface area (Å²) in [6, 6.07) is 0. The van der Waals surface area contributed by atoms with Crippen molar-refractivity contribution in [2.75, 3.05) is 13.1 Å². The molecule has 0 radical (unpaired) electrons. The van der Waals surface area contributed by atoms with Crippen molar-refractivity contribution in [3.05, 3.63) is 12.2 Å². The number of carbonyl (C=O) groups is 1. The molecule has 0 aromatic heterocycles. The van der Waals surface area contributed by atoms with Crippen LogP contribution in [0.5, 0.6) is 0 Å². The monoisotopic (exact) mass is 212 g/mol. The topological polar surface area (TPSA) is 41.1 Å². The van der Waals surface area contributed by atoms with Crippen molar-refractivity contribution in [3.63, 3.8) is 0 Å². The van der Waals surface area contributed by atoms with Crippen molar-refractivity contribution >= 4 is 5.91 Å². The van der Waals surface area contributed by atoms with Gasteiger partial charge in [0.1, 0.15) is 0 Å². The van der Waals surface area contributed by atoms with Crippen LogP contribution in [0.15, 0.2) is 12.2 Å². The molecule has 0 aromatic rings. The van der Waals surface area contributed by atoms with E-state index in [9.17, 15) is 4.79 Å².